The van der Waals surface area contributed by atoms with E-state index in [1.54, 1.807) is 16.7 Å². The molecule has 9 nitrogen and oxygen atoms in total. The van der Waals surface area contributed by atoms with Crippen LogP contribution >= 0.6 is 0 Å². The molecule has 3 rings (SSSR count). The second kappa shape index (κ2) is 10.1. The molecule has 9 heteroatoms. The molecule has 0 saturated heterocycles. The van der Waals surface area contributed by atoms with Crippen molar-refractivity contribution >= 4 is 28.9 Å². The van der Waals surface area contributed by atoms with Crippen LogP contribution < -0.4 is 16.3 Å². The highest BCUT2D eigenvalue weighted by Gasteiger charge is 2.19. The summed E-state index contributed by atoms with van der Waals surface area (Å²) in [5.41, 5.74) is 1.07. The fourth-order valence-corrected chi connectivity index (χ4v) is 3.82. The fourth-order valence-electron chi connectivity index (χ4n) is 3.82. The average Bonchev–Trinajstić information content (AvgIpc) is 2.99. The van der Waals surface area contributed by atoms with Gasteiger partial charge in [0, 0.05) is 12.6 Å². The number of rotatable bonds is 7. The predicted octanol–water partition coefficient (Wildman–Crippen LogP) is 1.91. The Kier molecular flexibility index (Phi) is 7.26. The largest absolute Gasteiger partial charge is 0.454 e. The molecular weight excluding hydrogens is 388 g/mol. The van der Waals surface area contributed by atoms with Crippen molar-refractivity contribution in [2.75, 3.05) is 6.61 Å². The first-order chi connectivity index (χ1) is 14.5. The molecule has 0 bridgehead atoms. The summed E-state index contributed by atoms with van der Waals surface area (Å²) in [5.74, 6) is -1.43. The quantitative estimate of drug-likeness (QED) is 0.670. The van der Waals surface area contributed by atoms with Crippen LogP contribution in [0.25, 0.3) is 11.0 Å². The van der Waals surface area contributed by atoms with E-state index >= 15 is 0 Å². The number of carbonyl (C=O) groups excluding carboxylic acids is 3. The van der Waals surface area contributed by atoms with Crippen molar-refractivity contribution in [2.45, 2.75) is 64.6 Å². The number of carbonyl (C=O) groups is 3. The molecular formula is C21H28N4O5. The minimum Gasteiger partial charge on any atom is -0.454 e. The SMILES string of the molecule is CCCn1c(=O)n(CC(=O)OCC(=O)NC(=O)NC2CCCCC2)c2ccccc21. The summed E-state index contributed by atoms with van der Waals surface area (Å²) in [6.07, 6.45) is 5.86. The van der Waals surface area contributed by atoms with E-state index in [4.69, 9.17) is 4.74 Å². The highest BCUT2D eigenvalue weighted by atomic mass is 16.5. The summed E-state index contributed by atoms with van der Waals surface area (Å²) in [4.78, 5) is 48.7. The lowest BCUT2D eigenvalue weighted by Crippen LogP contribution is -2.46. The smallest absolute Gasteiger partial charge is 0.329 e. The Hall–Kier alpha value is -3.10. The van der Waals surface area contributed by atoms with Crippen LogP contribution in [0.5, 0.6) is 0 Å². The summed E-state index contributed by atoms with van der Waals surface area (Å²) in [7, 11) is 0. The van der Waals surface area contributed by atoms with E-state index in [0.29, 0.717) is 12.1 Å². The molecule has 162 valence electrons. The normalized spacial score (nSPS) is 14.4. The number of amides is 3. The van der Waals surface area contributed by atoms with Crippen LogP contribution in [-0.4, -0.2) is 39.7 Å². The average molecular weight is 416 g/mol. The van der Waals surface area contributed by atoms with Crippen molar-refractivity contribution in [1.82, 2.24) is 19.8 Å². The predicted molar refractivity (Wildman–Crippen MR) is 111 cm³/mol. The van der Waals surface area contributed by atoms with Gasteiger partial charge in [0.2, 0.25) is 0 Å². The van der Waals surface area contributed by atoms with Crippen molar-refractivity contribution in [2.24, 2.45) is 0 Å². The minimum absolute atomic E-state index is 0.0708. The van der Waals surface area contributed by atoms with E-state index in [1.165, 1.54) is 4.57 Å². The number of nitrogens with one attached hydrogen (secondary N) is 2. The molecule has 1 aromatic carbocycles. The van der Waals surface area contributed by atoms with Gasteiger partial charge in [0.25, 0.3) is 5.91 Å². The number of hydrogen-bond acceptors (Lipinski definition) is 5. The third kappa shape index (κ3) is 5.28. The number of aryl methyl sites for hydroxylation is 1. The number of fused-ring (bicyclic) bond motifs is 1. The third-order valence-corrected chi connectivity index (χ3v) is 5.22. The maximum absolute atomic E-state index is 12.7. The molecule has 1 aromatic heterocycles. The van der Waals surface area contributed by atoms with E-state index < -0.39 is 24.5 Å². The Morgan fingerprint density at radius 3 is 2.40 bits per heavy atom. The summed E-state index contributed by atoms with van der Waals surface area (Å²) in [6, 6.07) is 6.70. The van der Waals surface area contributed by atoms with Gasteiger partial charge in [0.15, 0.2) is 6.61 Å². The van der Waals surface area contributed by atoms with Crippen molar-refractivity contribution in [1.29, 1.82) is 0 Å². The first kappa shape index (κ1) is 21.6. The van der Waals surface area contributed by atoms with Gasteiger partial charge in [-0.1, -0.05) is 38.3 Å². The lowest BCUT2D eigenvalue weighted by atomic mass is 9.96. The zero-order valence-corrected chi connectivity index (χ0v) is 17.2. The second-order valence-corrected chi connectivity index (χ2v) is 7.53. The van der Waals surface area contributed by atoms with Crippen LogP contribution in [0.4, 0.5) is 4.79 Å². The van der Waals surface area contributed by atoms with Crippen molar-refractivity contribution < 1.29 is 19.1 Å². The van der Waals surface area contributed by atoms with Gasteiger partial charge in [-0.25, -0.2) is 9.59 Å². The molecule has 0 atom stereocenters. The standard InChI is InChI=1S/C21H28N4O5/c1-2-12-24-16-10-6-7-11-17(16)25(21(24)29)13-19(27)30-14-18(26)23-20(28)22-15-8-4-3-5-9-15/h6-7,10-11,15H,2-5,8-9,12-14H2,1H3,(H2,22,23,26,28). The number of ether oxygens (including phenoxy) is 1. The van der Waals surface area contributed by atoms with Gasteiger partial charge in [-0.2, -0.15) is 0 Å². The number of urea groups is 1. The number of esters is 1. The molecule has 1 saturated carbocycles. The Morgan fingerprint density at radius 2 is 1.73 bits per heavy atom. The number of imidazole rings is 1. The van der Waals surface area contributed by atoms with Crippen molar-refractivity contribution in [3.8, 4) is 0 Å². The molecule has 2 N–H and O–H groups in total. The van der Waals surface area contributed by atoms with Gasteiger partial charge in [0.1, 0.15) is 6.54 Å². The Balaban J connectivity index is 1.53. The highest BCUT2D eigenvalue weighted by Crippen LogP contribution is 2.17. The monoisotopic (exact) mass is 416 g/mol. The number of benzene rings is 1. The van der Waals surface area contributed by atoms with Crippen LogP contribution in [0, 0.1) is 0 Å². The van der Waals surface area contributed by atoms with Crippen LogP contribution in [0.2, 0.25) is 0 Å². The van der Waals surface area contributed by atoms with E-state index in [2.05, 4.69) is 10.6 Å². The molecule has 1 heterocycles. The van der Waals surface area contributed by atoms with Crippen LogP contribution in [0.15, 0.2) is 29.1 Å². The van der Waals surface area contributed by atoms with Gasteiger partial charge in [0.05, 0.1) is 11.0 Å². The molecule has 0 radical (unpaired) electrons. The van der Waals surface area contributed by atoms with Crippen LogP contribution in [-0.2, 0) is 27.4 Å². The zero-order chi connectivity index (χ0) is 21.5. The molecule has 1 aliphatic rings. The maximum Gasteiger partial charge on any atom is 0.329 e. The fraction of sp³-hybridized carbons (Fsp3) is 0.524. The molecule has 0 unspecified atom stereocenters. The van der Waals surface area contributed by atoms with Gasteiger partial charge in [-0.05, 0) is 31.4 Å². The molecule has 30 heavy (non-hydrogen) atoms. The van der Waals surface area contributed by atoms with Crippen molar-refractivity contribution in [3.63, 3.8) is 0 Å². The molecule has 3 amide bonds. The van der Waals surface area contributed by atoms with Gasteiger partial charge in [-0.15, -0.1) is 0 Å². The molecule has 2 aromatic rings. The maximum atomic E-state index is 12.7. The zero-order valence-electron chi connectivity index (χ0n) is 17.2. The highest BCUT2D eigenvalue weighted by molar-refractivity contribution is 5.95. The second-order valence-electron chi connectivity index (χ2n) is 7.53. The van der Waals surface area contributed by atoms with Crippen LogP contribution in [0.1, 0.15) is 45.4 Å². The molecule has 0 aliphatic heterocycles. The summed E-state index contributed by atoms with van der Waals surface area (Å²) in [5, 5.41) is 4.93. The Labute approximate surface area is 174 Å². The number of nitrogens with zero attached hydrogens (tertiary/aromatic N) is 2. The van der Waals surface area contributed by atoms with Crippen LogP contribution in [0.3, 0.4) is 0 Å². The van der Waals surface area contributed by atoms with E-state index in [-0.39, 0.29) is 18.3 Å². The topological polar surface area (TPSA) is 111 Å². The lowest BCUT2D eigenvalue weighted by molar-refractivity contribution is -0.148. The van der Waals surface area contributed by atoms with E-state index in [9.17, 15) is 19.2 Å². The molecule has 1 fully saturated rings. The van der Waals surface area contributed by atoms with E-state index in [1.807, 2.05) is 19.1 Å². The third-order valence-electron chi connectivity index (χ3n) is 5.22. The molecule has 0 spiro atoms. The van der Waals surface area contributed by atoms with Gasteiger partial charge >= 0.3 is 17.7 Å². The number of hydrogen-bond donors (Lipinski definition) is 2. The number of para-hydroxylation sites is 2. The summed E-state index contributed by atoms with van der Waals surface area (Å²) in [6.45, 7) is 1.62. The van der Waals surface area contributed by atoms with Crippen molar-refractivity contribution in [3.05, 3.63) is 34.7 Å². The first-order valence-electron chi connectivity index (χ1n) is 10.4. The van der Waals surface area contributed by atoms with Gasteiger partial charge < -0.3 is 10.1 Å². The number of aromatic nitrogens is 2. The Morgan fingerprint density at radius 1 is 1.07 bits per heavy atom. The van der Waals surface area contributed by atoms with Gasteiger partial charge in [-0.3, -0.25) is 24.0 Å². The van der Waals surface area contributed by atoms with E-state index in [0.717, 1.165) is 44.0 Å². The Bertz CT molecular complexity index is 971. The first-order valence-corrected chi connectivity index (χ1v) is 10.4. The summed E-state index contributed by atoms with van der Waals surface area (Å²) >= 11 is 0. The lowest BCUT2D eigenvalue weighted by Gasteiger charge is -2.22. The summed E-state index contributed by atoms with van der Waals surface area (Å²) < 4.78 is 7.92. The molecule has 1 aliphatic carbocycles. The number of imide groups is 1. The minimum atomic E-state index is -0.723.